The fourth-order valence-corrected chi connectivity index (χ4v) is 6.02. The minimum absolute atomic E-state index is 0. The van der Waals surface area contributed by atoms with E-state index in [4.69, 9.17) is 46.4 Å². The third kappa shape index (κ3) is 23.2. The molecule has 0 fully saturated rings. The molecule has 0 aliphatic rings. The van der Waals surface area contributed by atoms with Gasteiger partial charge in [0.15, 0.2) is 11.6 Å². The number of hydrogen-bond donors (Lipinski definition) is 0. The largest absolute Gasteiger partial charge is 1.00 e. The zero-order valence-electron chi connectivity index (χ0n) is 39.9. The topological polar surface area (TPSA) is 77.3 Å². The van der Waals surface area contributed by atoms with Gasteiger partial charge in [0.1, 0.15) is 0 Å². The number of halogens is 5. The van der Waals surface area contributed by atoms with E-state index in [0.29, 0.717) is 11.6 Å². The summed E-state index contributed by atoms with van der Waals surface area (Å²) in [4.78, 5) is 23.7. The molecule has 13 heteroatoms. The van der Waals surface area contributed by atoms with Crippen LogP contribution in [-0.2, 0) is 21.7 Å². The van der Waals surface area contributed by atoms with Crippen molar-refractivity contribution >= 4 is 62.3 Å². The molecule has 0 spiro atoms. The van der Waals surface area contributed by atoms with E-state index < -0.39 is 0 Å². The smallest absolute Gasteiger partial charge is 0.343 e. The van der Waals surface area contributed by atoms with Gasteiger partial charge < -0.3 is 6.92 Å². The SMILES string of the molecule is CC(C)(C)c1cc[c-]cc1.CC(C)(C)c1ccc(-c2nc(Cl)nc(-c3ccc(C(C)(C)C)cc3)n2)cc1.CC(C)(C)c1ccc(Br)cc1.Clc1nc(Cl)nc(Cl)n1.[CH2-]CCC.[Li+].[Li+]. The van der Waals surface area contributed by atoms with Gasteiger partial charge in [-0.2, -0.15) is 67.2 Å². The van der Waals surface area contributed by atoms with Crippen LogP contribution in [0.25, 0.3) is 22.8 Å². The molecule has 63 heavy (non-hydrogen) atoms. The summed E-state index contributed by atoms with van der Waals surface area (Å²) in [5, 5.41) is 0.204. The van der Waals surface area contributed by atoms with Crippen LogP contribution in [0.4, 0.5) is 0 Å². The summed E-state index contributed by atoms with van der Waals surface area (Å²) in [5.74, 6) is 1.18. The van der Waals surface area contributed by atoms with Crippen LogP contribution < -0.4 is 37.7 Å². The van der Waals surface area contributed by atoms with Gasteiger partial charge in [-0.1, -0.05) is 173 Å². The molecule has 0 aliphatic carbocycles. The Bertz CT molecular complexity index is 2070. The van der Waals surface area contributed by atoms with Gasteiger partial charge in [0, 0.05) is 15.6 Å². The molecule has 0 radical (unpaired) electrons. The Hall–Kier alpha value is -2.27. The molecule has 0 aliphatic heterocycles. The first-order valence-corrected chi connectivity index (χ1v) is 22.4. The van der Waals surface area contributed by atoms with Crippen molar-refractivity contribution in [3.05, 3.63) is 158 Å². The molecule has 2 heterocycles. The van der Waals surface area contributed by atoms with Crippen molar-refractivity contribution < 1.29 is 37.7 Å². The second-order valence-corrected chi connectivity index (χ2v) is 20.5. The van der Waals surface area contributed by atoms with Crippen molar-refractivity contribution in [3.8, 4) is 22.8 Å². The minimum atomic E-state index is 0. The molecule has 0 atom stereocenters. The van der Waals surface area contributed by atoms with Gasteiger partial charge in [-0.05, 0) is 96.9 Å². The van der Waals surface area contributed by atoms with Crippen molar-refractivity contribution in [2.24, 2.45) is 0 Å². The van der Waals surface area contributed by atoms with E-state index in [2.05, 4.69) is 209 Å². The number of benzene rings is 4. The second-order valence-electron chi connectivity index (χ2n) is 18.2. The van der Waals surface area contributed by atoms with E-state index in [1.807, 2.05) is 36.4 Å². The van der Waals surface area contributed by atoms with Crippen LogP contribution in [0.1, 0.15) is 125 Å². The fraction of sp³-hybridized carbons (Fsp3) is 0.380. The number of aromatic nitrogens is 6. The molecular formula is C50H61BrCl4Li2N6. The molecule has 328 valence electrons. The standard InChI is InChI=1S/C23H26ClN3.C10H13Br.C10H13.C4H9.C3Cl3N3.2Li/c1-22(2,3)17-11-7-15(8-12-17)19-25-20(27-21(24)26-19)16-9-13-18(14-10-16)23(4,5)6;1-10(2,3)8-4-6-9(11)7-5-8;1-10(2,3)9-7-5-4-6-8-9;1-3-4-2;4-1-7-2(5)9-3(6)8-1;;/h7-14H,1-6H3;4-7H,1-3H3;5-8H,1-3H3;1,3-4H2,2H3;;;/q;;2*-1;;2*+1. The maximum Gasteiger partial charge on any atom is 1.00 e. The van der Waals surface area contributed by atoms with Crippen LogP contribution in [0, 0.1) is 13.0 Å². The number of rotatable bonds is 3. The molecule has 0 amide bonds. The zero-order valence-corrected chi connectivity index (χ0v) is 44.5. The summed E-state index contributed by atoms with van der Waals surface area (Å²) in [6.45, 7) is 32.2. The maximum atomic E-state index is 6.20. The number of hydrogen-bond acceptors (Lipinski definition) is 6. The molecule has 6 aromatic rings. The van der Waals surface area contributed by atoms with E-state index >= 15 is 0 Å². The minimum Gasteiger partial charge on any atom is -0.343 e. The van der Waals surface area contributed by atoms with Crippen LogP contribution in [0.3, 0.4) is 0 Å². The third-order valence-electron chi connectivity index (χ3n) is 8.83. The van der Waals surface area contributed by atoms with E-state index in [1.54, 1.807) is 0 Å². The van der Waals surface area contributed by atoms with E-state index in [1.165, 1.54) is 28.7 Å². The Balaban J connectivity index is 0.000000882. The molecule has 0 unspecified atom stereocenters. The van der Waals surface area contributed by atoms with Crippen molar-refractivity contribution in [2.45, 2.75) is 125 Å². The van der Waals surface area contributed by atoms with Crippen LogP contribution in [0.5, 0.6) is 0 Å². The normalized spacial score (nSPS) is 11.0. The molecule has 2 aromatic heterocycles. The molecule has 6 nitrogen and oxygen atoms in total. The number of nitrogens with zero attached hydrogens (tertiary/aromatic N) is 6. The molecular weight excluding hydrogens is 920 g/mol. The molecule has 0 N–H and O–H groups in total. The van der Waals surface area contributed by atoms with E-state index in [-0.39, 0.29) is 80.5 Å². The van der Waals surface area contributed by atoms with Gasteiger partial charge in [0.2, 0.25) is 21.1 Å². The van der Waals surface area contributed by atoms with Crippen LogP contribution >= 0.6 is 62.3 Å². The summed E-state index contributed by atoms with van der Waals surface area (Å²) in [6.07, 6.45) is 2.28. The molecule has 4 aromatic carbocycles. The van der Waals surface area contributed by atoms with Crippen molar-refractivity contribution in [1.82, 2.24) is 29.9 Å². The van der Waals surface area contributed by atoms with Gasteiger partial charge in [-0.25, -0.2) is 4.98 Å². The van der Waals surface area contributed by atoms with Gasteiger partial charge in [-0.3, -0.25) is 0 Å². The van der Waals surface area contributed by atoms with Crippen molar-refractivity contribution in [1.29, 1.82) is 0 Å². The molecule has 0 saturated heterocycles. The Kier molecular flexibility index (Phi) is 27.0. The van der Waals surface area contributed by atoms with E-state index in [0.717, 1.165) is 22.0 Å². The Morgan fingerprint density at radius 2 is 0.698 bits per heavy atom. The van der Waals surface area contributed by atoms with Gasteiger partial charge in [0.25, 0.3) is 0 Å². The summed E-state index contributed by atoms with van der Waals surface area (Å²) < 4.78 is 1.14. The fourth-order valence-electron chi connectivity index (χ4n) is 4.99. The van der Waals surface area contributed by atoms with Crippen LogP contribution in [-0.4, -0.2) is 29.9 Å². The Morgan fingerprint density at radius 1 is 0.444 bits per heavy atom. The third-order valence-corrected chi connectivity index (χ3v) is 10.0. The predicted octanol–water partition coefficient (Wildman–Crippen LogP) is 10.4. The molecule has 0 bridgehead atoms. The Labute approximate surface area is 431 Å². The summed E-state index contributed by atoms with van der Waals surface area (Å²) >= 11 is 25.6. The average molecular weight is 982 g/mol. The second kappa shape index (κ2) is 28.0. The quantitative estimate of drug-likeness (QED) is 0.130. The first kappa shape index (κ1) is 60.7. The van der Waals surface area contributed by atoms with Crippen LogP contribution in [0.15, 0.2) is 102 Å². The van der Waals surface area contributed by atoms with Gasteiger partial charge in [0.05, 0.1) is 0 Å². The molecule has 0 saturated carbocycles. The average Bonchev–Trinajstić information content (AvgIpc) is 3.17. The summed E-state index contributed by atoms with van der Waals surface area (Å²) in [6, 6.07) is 36.3. The summed E-state index contributed by atoms with van der Waals surface area (Å²) in [5.41, 5.74) is 7.89. The first-order valence-electron chi connectivity index (χ1n) is 20.1. The van der Waals surface area contributed by atoms with Crippen molar-refractivity contribution in [2.75, 3.05) is 0 Å². The van der Waals surface area contributed by atoms with Gasteiger partial charge >= 0.3 is 37.7 Å². The maximum absolute atomic E-state index is 6.20. The van der Waals surface area contributed by atoms with Crippen molar-refractivity contribution in [3.63, 3.8) is 0 Å². The first-order chi connectivity index (χ1) is 28.2. The monoisotopic (exact) mass is 978 g/mol. The Morgan fingerprint density at radius 3 is 0.952 bits per heavy atom. The van der Waals surface area contributed by atoms with Crippen LogP contribution in [0.2, 0.25) is 21.1 Å². The summed E-state index contributed by atoms with van der Waals surface area (Å²) in [7, 11) is 0. The predicted molar refractivity (Wildman–Crippen MR) is 265 cm³/mol. The zero-order chi connectivity index (χ0) is 46.2. The van der Waals surface area contributed by atoms with Gasteiger partial charge in [-0.15, -0.1) is 0 Å². The number of unbranched alkanes of at least 4 members (excludes halogenated alkanes) is 1. The van der Waals surface area contributed by atoms with E-state index in [9.17, 15) is 0 Å². The molecule has 6 rings (SSSR count).